The van der Waals surface area contributed by atoms with Gasteiger partial charge < -0.3 is 10.2 Å². The van der Waals surface area contributed by atoms with Crippen LogP contribution < -0.4 is 14.9 Å². The fourth-order valence-electron chi connectivity index (χ4n) is 2.49. The Hall–Kier alpha value is -2.65. The first kappa shape index (κ1) is 20.1. The molecule has 0 fully saturated rings. The molecule has 3 aromatic rings. The third kappa shape index (κ3) is 4.79. The van der Waals surface area contributed by atoms with Gasteiger partial charge in [-0.2, -0.15) is 0 Å². The van der Waals surface area contributed by atoms with Crippen molar-refractivity contribution in [3.8, 4) is 0 Å². The average molecular weight is 462 g/mol. The maximum Gasteiger partial charge on any atom is 0.263 e. The molecule has 2 aromatic carbocycles. The molecule has 0 unspecified atom stereocenters. The molecule has 0 amide bonds. The van der Waals surface area contributed by atoms with Crippen molar-refractivity contribution in [2.45, 2.75) is 11.8 Å². The van der Waals surface area contributed by atoms with Gasteiger partial charge in [-0.1, -0.05) is 12.1 Å². The van der Waals surface area contributed by atoms with Crippen molar-refractivity contribution in [2.24, 2.45) is 0 Å². The smallest absolute Gasteiger partial charge is 0.263 e. The van der Waals surface area contributed by atoms with E-state index in [4.69, 9.17) is 0 Å². The highest BCUT2D eigenvalue weighted by Crippen LogP contribution is 2.25. The predicted molar refractivity (Wildman–Crippen MR) is 116 cm³/mol. The predicted octanol–water partition coefficient (Wildman–Crippen LogP) is 4.16. The minimum atomic E-state index is -3.68. The third-order valence-corrected chi connectivity index (χ3v) is 6.21. The van der Waals surface area contributed by atoms with E-state index in [0.29, 0.717) is 21.8 Å². The van der Waals surface area contributed by atoms with Gasteiger partial charge in [0.1, 0.15) is 22.4 Å². The number of aromatic nitrogens is 2. The quantitative estimate of drug-likeness (QED) is 0.572. The van der Waals surface area contributed by atoms with Gasteiger partial charge in [-0.15, -0.1) is 0 Å². The zero-order valence-electron chi connectivity index (χ0n) is 15.6. The fraction of sp³-hybridized carbons (Fsp3) is 0.158. The highest BCUT2D eigenvalue weighted by Gasteiger charge is 2.17. The van der Waals surface area contributed by atoms with Crippen LogP contribution in [0.3, 0.4) is 0 Å². The molecule has 0 radical (unpaired) electrons. The number of sulfonamides is 1. The van der Waals surface area contributed by atoms with Crippen LogP contribution in [0.2, 0.25) is 0 Å². The average Bonchev–Trinajstić information content (AvgIpc) is 2.63. The Morgan fingerprint density at radius 1 is 0.964 bits per heavy atom. The van der Waals surface area contributed by atoms with Crippen molar-refractivity contribution >= 4 is 49.0 Å². The topological polar surface area (TPSA) is 87.2 Å². The first-order valence-corrected chi connectivity index (χ1v) is 10.7. The lowest BCUT2D eigenvalue weighted by atomic mass is 10.3. The maximum absolute atomic E-state index is 12.6. The maximum atomic E-state index is 12.6. The fourth-order valence-corrected chi connectivity index (χ4v) is 4.55. The Kier molecular flexibility index (Phi) is 5.85. The summed E-state index contributed by atoms with van der Waals surface area (Å²) >= 11 is 3.27. The molecule has 146 valence electrons. The van der Waals surface area contributed by atoms with E-state index in [9.17, 15) is 8.42 Å². The lowest BCUT2D eigenvalue weighted by Gasteiger charge is -2.14. The molecule has 0 bridgehead atoms. The van der Waals surface area contributed by atoms with Crippen molar-refractivity contribution in [3.63, 3.8) is 0 Å². The first-order valence-electron chi connectivity index (χ1n) is 8.42. The molecule has 0 spiro atoms. The minimum Gasteiger partial charge on any atom is -0.363 e. The molecule has 0 aliphatic heterocycles. The van der Waals surface area contributed by atoms with Crippen LogP contribution in [0.15, 0.2) is 64.0 Å². The van der Waals surface area contributed by atoms with Crippen LogP contribution in [0, 0.1) is 6.92 Å². The first-order chi connectivity index (χ1) is 13.2. The molecular weight excluding hydrogens is 442 g/mol. The lowest BCUT2D eigenvalue weighted by molar-refractivity contribution is 0.601. The molecule has 0 saturated heterocycles. The molecule has 1 aromatic heterocycles. The number of benzene rings is 2. The summed E-state index contributed by atoms with van der Waals surface area (Å²) in [4.78, 5) is 10.8. The van der Waals surface area contributed by atoms with Gasteiger partial charge in [-0.25, -0.2) is 18.4 Å². The van der Waals surface area contributed by atoms with Crippen LogP contribution in [0.25, 0.3) is 0 Å². The third-order valence-electron chi connectivity index (χ3n) is 3.82. The number of hydrogen-bond acceptors (Lipinski definition) is 6. The molecule has 0 aliphatic carbocycles. The number of aryl methyl sites for hydroxylation is 1. The summed E-state index contributed by atoms with van der Waals surface area (Å²) in [5, 5.41) is 3.21. The Morgan fingerprint density at radius 2 is 1.61 bits per heavy atom. The number of nitrogens with one attached hydrogen (secondary N) is 2. The van der Waals surface area contributed by atoms with Crippen molar-refractivity contribution in [3.05, 3.63) is 64.9 Å². The molecular formula is C19H20BrN5O2S. The van der Waals surface area contributed by atoms with E-state index in [2.05, 4.69) is 35.9 Å². The van der Waals surface area contributed by atoms with Crippen molar-refractivity contribution in [1.82, 2.24) is 9.97 Å². The molecule has 7 nitrogen and oxygen atoms in total. The van der Waals surface area contributed by atoms with Gasteiger partial charge in [0.05, 0.1) is 0 Å². The molecule has 28 heavy (non-hydrogen) atoms. The lowest BCUT2D eigenvalue weighted by Crippen LogP contribution is -2.13. The molecule has 9 heteroatoms. The van der Waals surface area contributed by atoms with Crippen LogP contribution >= 0.6 is 15.9 Å². The molecule has 0 atom stereocenters. The second-order valence-corrected chi connectivity index (χ2v) is 8.80. The summed E-state index contributed by atoms with van der Waals surface area (Å²) in [6, 6.07) is 15.5. The number of nitrogens with zero attached hydrogens (tertiary/aromatic N) is 3. The SMILES string of the molecule is Cc1nc(Nc2ccc(NS(=O)(=O)c3ccccc3Br)cc2)cc(N(C)C)n1. The Balaban J connectivity index is 1.76. The summed E-state index contributed by atoms with van der Waals surface area (Å²) in [7, 11) is 0.149. The summed E-state index contributed by atoms with van der Waals surface area (Å²) in [5.41, 5.74) is 1.25. The molecule has 2 N–H and O–H groups in total. The van der Waals surface area contributed by atoms with E-state index in [-0.39, 0.29) is 4.90 Å². The zero-order valence-corrected chi connectivity index (χ0v) is 18.0. The molecule has 0 aliphatic rings. The Bertz CT molecular complexity index is 1090. The monoisotopic (exact) mass is 461 g/mol. The summed E-state index contributed by atoms with van der Waals surface area (Å²) in [5.74, 6) is 2.12. The van der Waals surface area contributed by atoms with Gasteiger partial charge in [-0.3, -0.25) is 4.72 Å². The number of anilines is 4. The van der Waals surface area contributed by atoms with E-state index in [1.165, 1.54) is 0 Å². The van der Waals surface area contributed by atoms with E-state index in [1.54, 1.807) is 48.5 Å². The van der Waals surface area contributed by atoms with Crippen molar-refractivity contribution in [1.29, 1.82) is 0 Å². The minimum absolute atomic E-state index is 0.185. The molecule has 0 saturated carbocycles. The van der Waals surface area contributed by atoms with Gasteiger partial charge >= 0.3 is 0 Å². The van der Waals surface area contributed by atoms with E-state index in [1.807, 2.05) is 32.0 Å². The van der Waals surface area contributed by atoms with Crippen molar-refractivity contribution in [2.75, 3.05) is 29.0 Å². The van der Waals surface area contributed by atoms with E-state index in [0.717, 1.165) is 11.5 Å². The van der Waals surface area contributed by atoms with E-state index < -0.39 is 10.0 Å². The Labute approximate surface area is 173 Å². The Morgan fingerprint density at radius 3 is 2.25 bits per heavy atom. The number of rotatable bonds is 6. The van der Waals surface area contributed by atoms with E-state index >= 15 is 0 Å². The van der Waals surface area contributed by atoms with Gasteiger partial charge in [0.25, 0.3) is 10.0 Å². The second kappa shape index (κ2) is 8.15. The zero-order chi connectivity index (χ0) is 20.3. The van der Waals surface area contributed by atoms with Crippen LogP contribution in [-0.2, 0) is 10.0 Å². The van der Waals surface area contributed by atoms with Gasteiger partial charge in [0, 0.05) is 36.0 Å². The number of hydrogen-bond donors (Lipinski definition) is 2. The standard InChI is InChI=1S/C19H20BrN5O2S/c1-13-21-18(12-19(22-13)25(2)3)23-14-8-10-15(11-9-14)24-28(26,27)17-7-5-4-6-16(17)20/h4-12,24H,1-3H3,(H,21,22,23). The van der Waals surface area contributed by atoms with Crippen LogP contribution in [0.4, 0.5) is 23.0 Å². The normalized spacial score (nSPS) is 11.1. The summed E-state index contributed by atoms with van der Waals surface area (Å²) in [6.07, 6.45) is 0. The van der Waals surface area contributed by atoms with Crippen LogP contribution in [0.1, 0.15) is 5.82 Å². The van der Waals surface area contributed by atoms with Gasteiger partial charge in [-0.05, 0) is 59.3 Å². The molecule has 1 heterocycles. The highest BCUT2D eigenvalue weighted by atomic mass is 79.9. The second-order valence-electron chi connectivity index (χ2n) is 6.29. The van der Waals surface area contributed by atoms with Gasteiger partial charge in [0.2, 0.25) is 0 Å². The molecule has 3 rings (SSSR count). The summed E-state index contributed by atoms with van der Waals surface area (Å²) < 4.78 is 28.2. The van der Waals surface area contributed by atoms with Crippen LogP contribution in [0.5, 0.6) is 0 Å². The summed E-state index contributed by atoms with van der Waals surface area (Å²) in [6.45, 7) is 1.83. The number of halogens is 1. The highest BCUT2D eigenvalue weighted by molar-refractivity contribution is 9.10. The largest absolute Gasteiger partial charge is 0.363 e. The van der Waals surface area contributed by atoms with Crippen molar-refractivity contribution < 1.29 is 8.42 Å². The van der Waals surface area contributed by atoms with Gasteiger partial charge in [0.15, 0.2) is 0 Å². The van der Waals surface area contributed by atoms with Crippen LogP contribution in [-0.4, -0.2) is 32.5 Å².